The molecule has 0 fully saturated rings. The van der Waals surface area contributed by atoms with Crippen LogP contribution in [-0.4, -0.2) is 29.6 Å². The van der Waals surface area contributed by atoms with Crippen LogP contribution in [0.1, 0.15) is 6.92 Å². The molecule has 6 heteroatoms. The van der Waals surface area contributed by atoms with Crippen LogP contribution in [0.4, 0.5) is 0 Å². The lowest BCUT2D eigenvalue weighted by atomic mass is 10.2. The number of hydrogen-bond acceptors (Lipinski definition) is 3. The zero-order chi connectivity index (χ0) is 14.7. The molecule has 20 heavy (non-hydrogen) atoms. The van der Waals surface area contributed by atoms with Gasteiger partial charge in [-0.1, -0.05) is 17.7 Å². The summed E-state index contributed by atoms with van der Waals surface area (Å²) in [5.41, 5.74) is 0.900. The van der Waals surface area contributed by atoms with E-state index in [2.05, 4.69) is 5.32 Å². The highest BCUT2D eigenvalue weighted by Gasteiger charge is 2.21. The van der Waals surface area contributed by atoms with Gasteiger partial charge < -0.3 is 14.6 Å². The first-order chi connectivity index (χ1) is 9.52. The van der Waals surface area contributed by atoms with E-state index in [-0.39, 0.29) is 12.5 Å². The number of benzene rings is 1. The van der Waals surface area contributed by atoms with E-state index in [4.69, 9.17) is 16.3 Å². The molecule has 0 spiro atoms. The second kappa shape index (κ2) is 5.96. The number of halogens is 1. The lowest BCUT2D eigenvalue weighted by Gasteiger charge is -2.17. The van der Waals surface area contributed by atoms with Crippen molar-refractivity contribution in [3.8, 4) is 0 Å². The van der Waals surface area contributed by atoms with Crippen molar-refractivity contribution in [2.45, 2.75) is 19.5 Å². The van der Waals surface area contributed by atoms with Crippen molar-refractivity contribution >= 4 is 34.4 Å². The quantitative estimate of drug-likeness (QED) is 0.877. The fourth-order valence-electron chi connectivity index (χ4n) is 2.11. The van der Waals surface area contributed by atoms with E-state index < -0.39 is 12.0 Å². The summed E-state index contributed by atoms with van der Waals surface area (Å²) in [5.74, 6) is -0.765. The molecule has 1 unspecified atom stereocenters. The van der Waals surface area contributed by atoms with E-state index in [1.165, 1.54) is 14.0 Å². The lowest BCUT2D eigenvalue weighted by molar-refractivity contribution is -0.145. The first-order valence-electron chi connectivity index (χ1n) is 6.11. The van der Waals surface area contributed by atoms with E-state index >= 15 is 0 Å². The van der Waals surface area contributed by atoms with Crippen molar-refractivity contribution in [2.75, 3.05) is 7.11 Å². The van der Waals surface area contributed by atoms with E-state index in [9.17, 15) is 9.59 Å². The number of rotatable bonds is 4. The van der Waals surface area contributed by atoms with Gasteiger partial charge in [-0.15, -0.1) is 0 Å². The Kier molecular flexibility index (Phi) is 4.29. The maximum Gasteiger partial charge on any atom is 0.330 e. The number of fused-ring (bicyclic) bond motifs is 1. The van der Waals surface area contributed by atoms with Crippen molar-refractivity contribution in [2.24, 2.45) is 0 Å². The van der Waals surface area contributed by atoms with E-state index in [1.807, 2.05) is 29.0 Å². The topological polar surface area (TPSA) is 60.3 Å². The van der Waals surface area contributed by atoms with Gasteiger partial charge in [0.05, 0.1) is 13.7 Å². The van der Waals surface area contributed by atoms with Crippen LogP contribution in [0.2, 0.25) is 5.02 Å². The Labute approximate surface area is 121 Å². The molecule has 1 N–H and O–H groups in total. The van der Waals surface area contributed by atoms with Gasteiger partial charge in [0, 0.05) is 29.0 Å². The Morgan fingerprint density at radius 2 is 2.15 bits per heavy atom. The summed E-state index contributed by atoms with van der Waals surface area (Å²) in [6, 6.07) is 6.70. The molecule has 0 aliphatic rings. The molecule has 0 aliphatic heterocycles. The number of hydrogen-bond donors (Lipinski definition) is 1. The monoisotopic (exact) mass is 294 g/mol. The molecule has 0 radical (unpaired) electrons. The highest BCUT2D eigenvalue weighted by Crippen LogP contribution is 2.24. The lowest BCUT2D eigenvalue weighted by Crippen LogP contribution is -2.43. The van der Waals surface area contributed by atoms with Gasteiger partial charge in [0.2, 0.25) is 5.91 Å². The summed E-state index contributed by atoms with van der Waals surface area (Å²) in [6.45, 7) is 1.65. The predicted molar refractivity (Wildman–Crippen MR) is 76.6 cm³/mol. The second-order valence-corrected chi connectivity index (χ2v) is 4.82. The van der Waals surface area contributed by atoms with Crippen LogP contribution >= 0.6 is 11.6 Å². The third kappa shape index (κ3) is 2.93. The zero-order valence-corrected chi connectivity index (χ0v) is 12.0. The molecule has 5 nitrogen and oxygen atoms in total. The van der Waals surface area contributed by atoms with Gasteiger partial charge in [-0.2, -0.15) is 0 Å². The van der Waals surface area contributed by atoms with Gasteiger partial charge in [0.1, 0.15) is 6.04 Å². The van der Waals surface area contributed by atoms with Crippen molar-refractivity contribution in [1.82, 2.24) is 9.88 Å². The molecule has 106 valence electrons. The third-order valence-electron chi connectivity index (χ3n) is 3.00. The second-order valence-electron chi connectivity index (χ2n) is 4.42. The molecule has 1 aromatic heterocycles. The SMILES string of the molecule is COC(=O)C(Cn1ccc2c(Cl)cccc21)NC(C)=O. The van der Waals surface area contributed by atoms with Crippen molar-refractivity contribution in [1.29, 1.82) is 0 Å². The Morgan fingerprint density at radius 3 is 2.80 bits per heavy atom. The van der Waals surface area contributed by atoms with Crippen LogP contribution in [0.25, 0.3) is 10.9 Å². The van der Waals surface area contributed by atoms with Crippen LogP contribution in [0, 0.1) is 0 Å². The first kappa shape index (κ1) is 14.4. The molecule has 0 saturated carbocycles. The molecular formula is C14H15ClN2O3. The van der Waals surface area contributed by atoms with Crippen LogP contribution in [0.15, 0.2) is 30.5 Å². The smallest absolute Gasteiger partial charge is 0.330 e. The summed E-state index contributed by atoms with van der Waals surface area (Å²) in [5, 5.41) is 4.13. The van der Waals surface area contributed by atoms with E-state index in [1.54, 1.807) is 6.07 Å². The first-order valence-corrected chi connectivity index (χ1v) is 6.49. The van der Waals surface area contributed by atoms with Crippen molar-refractivity contribution in [3.05, 3.63) is 35.5 Å². The predicted octanol–water partition coefficient (Wildman–Crippen LogP) is 1.97. The highest BCUT2D eigenvalue weighted by atomic mass is 35.5. The number of nitrogens with zero attached hydrogens (tertiary/aromatic N) is 1. The van der Waals surface area contributed by atoms with Crippen molar-refractivity contribution < 1.29 is 14.3 Å². The molecule has 0 bridgehead atoms. The molecule has 1 heterocycles. The van der Waals surface area contributed by atoms with Gasteiger partial charge in [-0.05, 0) is 18.2 Å². The largest absolute Gasteiger partial charge is 0.467 e. The van der Waals surface area contributed by atoms with Crippen LogP contribution < -0.4 is 5.32 Å². The van der Waals surface area contributed by atoms with Gasteiger partial charge >= 0.3 is 5.97 Å². The Morgan fingerprint density at radius 1 is 1.40 bits per heavy atom. The molecule has 0 aliphatic carbocycles. The minimum Gasteiger partial charge on any atom is -0.467 e. The van der Waals surface area contributed by atoms with E-state index in [0.29, 0.717) is 5.02 Å². The summed E-state index contributed by atoms with van der Waals surface area (Å²) in [6.07, 6.45) is 1.83. The minimum atomic E-state index is -0.730. The summed E-state index contributed by atoms with van der Waals surface area (Å²) >= 11 is 6.11. The summed E-state index contributed by atoms with van der Waals surface area (Å²) in [4.78, 5) is 22.9. The normalized spacial score (nSPS) is 12.2. The average Bonchev–Trinajstić information content (AvgIpc) is 2.81. The Bertz CT molecular complexity index is 651. The fraction of sp³-hybridized carbons (Fsp3) is 0.286. The number of nitrogens with one attached hydrogen (secondary N) is 1. The van der Waals surface area contributed by atoms with Crippen LogP contribution in [-0.2, 0) is 20.9 Å². The van der Waals surface area contributed by atoms with Gasteiger partial charge in [-0.3, -0.25) is 4.79 Å². The fourth-order valence-corrected chi connectivity index (χ4v) is 2.34. The molecule has 0 saturated heterocycles. The van der Waals surface area contributed by atoms with Gasteiger partial charge in [0.15, 0.2) is 0 Å². The Hall–Kier alpha value is -2.01. The van der Waals surface area contributed by atoms with Crippen LogP contribution in [0.5, 0.6) is 0 Å². The average molecular weight is 295 g/mol. The molecule has 2 rings (SSSR count). The number of amides is 1. The molecule has 2 aromatic rings. The Balaban J connectivity index is 2.31. The number of carbonyl (C=O) groups is 2. The number of ether oxygens (including phenoxy) is 1. The number of methoxy groups -OCH3 is 1. The van der Waals surface area contributed by atoms with Gasteiger partial charge in [-0.25, -0.2) is 4.79 Å². The van der Waals surface area contributed by atoms with E-state index in [0.717, 1.165) is 10.9 Å². The standard InChI is InChI=1S/C14H15ClN2O3/c1-9(18)16-12(14(19)20-2)8-17-7-6-10-11(15)4-3-5-13(10)17/h3-7,12H,8H2,1-2H3,(H,16,18). The van der Waals surface area contributed by atoms with Crippen molar-refractivity contribution in [3.63, 3.8) is 0 Å². The maximum absolute atomic E-state index is 11.7. The third-order valence-corrected chi connectivity index (χ3v) is 3.33. The number of carbonyl (C=O) groups excluding carboxylic acids is 2. The zero-order valence-electron chi connectivity index (χ0n) is 11.2. The molecule has 1 amide bonds. The summed E-state index contributed by atoms with van der Waals surface area (Å²) in [7, 11) is 1.29. The molecule has 1 aromatic carbocycles. The maximum atomic E-state index is 11.7. The number of esters is 1. The van der Waals surface area contributed by atoms with Gasteiger partial charge in [0.25, 0.3) is 0 Å². The van der Waals surface area contributed by atoms with Crippen LogP contribution in [0.3, 0.4) is 0 Å². The molecular weight excluding hydrogens is 280 g/mol. The number of aromatic nitrogens is 1. The summed E-state index contributed by atoms with van der Waals surface area (Å²) < 4.78 is 6.56. The highest BCUT2D eigenvalue weighted by molar-refractivity contribution is 6.35. The molecule has 1 atom stereocenters. The minimum absolute atomic E-state index is 0.283.